The van der Waals surface area contributed by atoms with Crippen LogP contribution in [0.2, 0.25) is 0 Å². The molecule has 0 amide bonds. The van der Waals surface area contributed by atoms with Crippen molar-refractivity contribution in [2.24, 2.45) is 0 Å². The van der Waals surface area contributed by atoms with Crippen LogP contribution in [0.4, 0.5) is 8.78 Å². The van der Waals surface area contributed by atoms with Crippen LogP contribution in [-0.4, -0.2) is 12.4 Å². The maximum absolute atomic E-state index is 13.1. The van der Waals surface area contributed by atoms with Gasteiger partial charge in [-0.25, -0.2) is 8.78 Å². The molecule has 5 heteroatoms. The fourth-order valence-corrected chi connectivity index (χ4v) is 2.24. The van der Waals surface area contributed by atoms with E-state index in [0.29, 0.717) is 23.1 Å². The first-order chi connectivity index (χ1) is 7.58. The molecule has 1 heterocycles. The Bertz CT molecular complexity index is 434. The van der Waals surface area contributed by atoms with Crippen molar-refractivity contribution in [1.29, 1.82) is 0 Å². The average molecular weight is 291 g/mol. The van der Waals surface area contributed by atoms with E-state index in [2.05, 4.69) is 15.9 Å². The molecule has 1 unspecified atom stereocenters. The Labute approximate surface area is 99.7 Å². The van der Waals surface area contributed by atoms with E-state index in [-0.39, 0.29) is 12.2 Å². The van der Waals surface area contributed by atoms with Gasteiger partial charge in [0.05, 0.1) is 12.7 Å². The van der Waals surface area contributed by atoms with Crippen LogP contribution < -0.4 is 0 Å². The topological polar surface area (TPSA) is 26.3 Å². The predicted octanol–water partition coefficient (Wildman–Crippen LogP) is 3.15. The SMILES string of the molecule is O=C1CCOC(c2cc(F)c(F)cc2Br)C1. The quantitative estimate of drug-likeness (QED) is 0.743. The van der Waals surface area contributed by atoms with Crippen molar-refractivity contribution in [3.8, 4) is 0 Å². The van der Waals surface area contributed by atoms with Gasteiger partial charge in [0.15, 0.2) is 11.6 Å². The monoisotopic (exact) mass is 290 g/mol. The summed E-state index contributed by atoms with van der Waals surface area (Å²) in [4.78, 5) is 11.2. The van der Waals surface area contributed by atoms with Gasteiger partial charge in [-0.1, -0.05) is 15.9 Å². The molecule has 1 atom stereocenters. The lowest BCUT2D eigenvalue weighted by Gasteiger charge is -2.23. The van der Waals surface area contributed by atoms with E-state index >= 15 is 0 Å². The van der Waals surface area contributed by atoms with Gasteiger partial charge in [-0.2, -0.15) is 0 Å². The third kappa shape index (κ3) is 2.30. The molecular weight excluding hydrogens is 282 g/mol. The molecule has 0 bridgehead atoms. The van der Waals surface area contributed by atoms with Crippen LogP contribution in [0.1, 0.15) is 24.5 Å². The summed E-state index contributed by atoms with van der Waals surface area (Å²) < 4.78 is 31.8. The number of hydrogen-bond acceptors (Lipinski definition) is 2. The Hall–Kier alpha value is -0.810. The zero-order valence-electron chi connectivity index (χ0n) is 8.30. The van der Waals surface area contributed by atoms with Crippen molar-refractivity contribution in [3.63, 3.8) is 0 Å². The Morgan fingerprint density at radius 2 is 2.00 bits per heavy atom. The standard InChI is InChI=1S/C11H9BrF2O2/c12-8-5-10(14)9(13)4-7(8)11-3-6(15)1-2-16-11/h4-5,11H,1-3H2. The van der Waals surface area contributed by atoms with E-state index in [4.69, 9.17) is 4.74 Å². The summed E-state index contributed by atoms with van der Waals surface area (Å²) in [6, 6.07) is 2.12. The summed E-state index contributed by atoms with van der Waals surface area (Å²) in [5.74, 6) is -1.77. The fourth-order valence-electron chi connectivity index (χ4n) is 1.67. The zero-order chi connectivity index (χ0) is 11.7. The van der Waals surface area contributed by atoms with E-state index in [1.807, 2.05) is 0 Å². The van der Waals surface area contributed by atoms with Gasteiger partial charge in [0, 0.05) is 17.3 Å². The van der Waals surface area contributed by atoms with Crippen molar-refractivity contribution in [1.82, 2.24) is 0 Å². The number of Topliss-reactive ketones (excluding diaryl/α,β-unsaturated/α-hetero) is 1. The smallest absolute Gasteiger partial charge is 0.159 e. The third-order valence-electron chi connectivity index (χ3n) is 2.50. The van der Waals surface area contributed by atoms with Crippen LogP contribution in [0.25, 0.3) is 0 Å². The molecule has 86 valence electrons. The lowest BCUT2D eigenvalue weighted by atomic mass is 10.0. The number of benzene rings is 1. The molecule has 1 aromatic carbocycles. The van der Waals surface area contributed by atoms with E-state index in [9.17, 15) is 13.6 Å². The molecule has 0 saturated carbocycles. The second kappa shape index (κ2) is 4.59. The minimum Gasteiger partial charge on any atom is -0.373 e. The maximum Gasteiger partial charge on any atom is 0.159 e. The number of halogens is 3. The molecule has 0 aliphatic carbocycles. The first-order valence-corrected chi connectivity index (χ1v) is 5.65. The summed E-state index contributed by atoms with van der Waals surface area (Å²) in [5.41, 5.74) is 0.479. The Balaban J connectivity index is 2.32. The van der Waals surface area contributed by atoms with Crippen molar-refractivity contribution < 1.29 is 18.3 Å². The number of ketones is 1. The number of carbonyl (C=O) groups is 1. The van der Waals surface area contributed by atoms with E-state index in [1.54, 1.807) is 0 Å². The second-order valence-electron chi connectivity index (χ2n) is 3.64. The van der Waals surface area contributed by atoms with Crippen molar-refractivity contribution in [3.05, 3.63) is 33.8 Å². The van der Waals surface area contributed by atoms with Gasteiger partial charge in [-0.3, -0.25) is 4.79 Å². The minimum atomic E-state index is -0.931. The predicted molar refractivity (Wildman–Crippen MR) is 57.0 cm³/mol. The number of rotatable bonds is 1. The molecule has 2 nitrogen and oxygen atoms in total. The lowest BCUT2D eigenvalue weighted by molar-refractivity contribution is -0.128. The van der Waals surface area contributed by atoms with Crippen LogP contribution >= 0.6 is 15.9 Å². The third-order valence-corrected chi connectivity index (χ3v) is 3.19. The van der Waals surface area contributed by atoms with Gasteiger partial charge in [0.25, 0.3) is 0 Å². The molecule has 0 aromatic heterocycles. The molecule has 2 rings (SSSR count). The van der Waals surface area contributed by atoms with Crippen molar-refractivity contribution in [2.75, 3.05) is 6.61 Å². The summed E-state index contributed by atoms with van der Waals surface area (Å²) in [5, 5.41) is 0. The second-order valence-corrected chi connectivity index (χ2v) is 4.49. The first kappa shape index (κ1) is 11.7. The minimum absolute atomic E-state index is 0.0767. The van der Waals surface area contributed by atoms with Crippen molar-refractivity contribution >= 4 is 21.7 Å². The molecule has 1 saturated heterocycles. The Morgan fingerprint density at radius 1 is 1.31 bits per heavy atom. The molecule has 1 fully saturated rings. The first-order valence-electron chi connectivity index (χ1n) is 4.85. The van der Waals surface area contributed by atoms with E-state index in [0.717, 1.165) is 12.1 Å². The van der Waals surface area contributed by atoms with Crippen LogP contribution in [0.5, 0.6) is 0 Å². The normalized spacial score (nSPS) is 21.2. The molecule has 1 aliphatic rings. The highest BCUT2D eigenvalue weighted by Crippen LogP contribution is 2.32. The fraction of sp³-hybridized carbons (Fsp3) is 0.364. The van der Waals surface area contributed by atoms with Gasteiger partial charge in [0.2, 0.25) is 0 Å². The van der Waals surface area contributed by atoms with Crippen molar-refractivity contribution in [2.45, 2.75) is 18.9 Å². The molecule has 1 aliphatic heterocycles. The molecule has 0 radical (unpaired) electrons. The molecule has 0 N–H and O–H groups in total. The molecule has 1 aromatic rings. The highest BCUT2D eigenvalue weighted by atomic mass is 79.9. The van der Waals surface area contributed by atoms with Crippen LogP contribution in [0.15, 0.2) is 16.6 Å². The summed E-state index contributed by atoms with van der Waals surface area (Å²) in [6.07, 6.45) is 0.118. The van der Waals surface area contributed by atoms with E-state index < -0.39 is 17.7 Å². The maximum atomic E-state index is 13.1. The summed E-state index contributed by atoms with van der Waals surface area (Å²) in [6.45, 7) is 0.328. The summed E-state index contributed by atoms with van der Waals surface area (Å²) in [7, 11) is 0. The number of hydrogen-bond donors (Lipinski definition) is 0. The highest BCUT2D eigenvalue weighted by molar-refractivity contribution is 9.10. The van der Waals surface area contributed by atoms with Gasteiger partial charge in [0.1, 0.15) is 5.78 Å². The average Bonchev–Trinajstić information content (AvgIpc) is 2.23. The Kier molecular flexibility index (Phi) is 3.35. The Morgan fingerprint density at radius 3 is 2.69 bits per heavy atom. The van der Waals surface area contributed by atoms with Gasteiger partial charge in [-0.05, 0) is 17.7 Å². The zero-order valence-corrected chi connectivity index (χ0v) is 9.89. The van der Waals surface area contributed by atoms with Gasteiger partial charge >= 0.3 is 0 Å². The molecule has 0 spiro atoms. The van der Waals surface area contributed by atoms with Crippen LogP contribution in [-0.2, 0) is 9.53 Å². The molecule has 16 heavy (non-hydrogen) atoms. The van der Waals surface area contributed by atoms with Crippen LogP contribution in [0.3, 0.4) is 0 Å². The summed E-state index contributed by atoms with van der Waals surface area (Å²) >= 11 is 3.14. The number of carbonyl (C=O) groups excluding carboxylic acids is 1. The van der Waals surface area contributed by atoms with Gasteiger partial charge in [-0.15, -0.1) is 0 Å². The van der Waals surface area contributed by atoms with Gasteiger partial charge < -0.3 is 4.74 Å². The highest BCUT2D eigenvalue weighted by Gasteiger charge is 2.24. The van der Waals surface area contributed by atoms with Crippen LogP contribution in [0, 0.1) is 11.6 Å². The number of ether oxygens (including phenoxy) is 1. The largest absolute Gasteiger partial charge is 0.373 e. The lowest BCUT2D eigenvalue weighted by Crippen LogP contribution is -2.20. The molecular formula is C11H9BrF2O2. The van der Waals surface area contributed by atoms with E-state index in [1.165, 1.54) is 0 Å².